The number of aliphatic hydroxyl groups is 1. The molecule has 0 saturated heterocycles. The number of rotatable bonds is 6. The first kappa shape index (κ1) is 13.3. The predicted molar refractivity (Wildman–Crippen MR) is 51.7 cm³/mol. The van der Waals surface area contributed by atoms with Crippen LogP contribution in [0.1, 0.15) is 19.8 Å². The van der Waals surface area contributed by atoms with Crippen LogP contribution < -0.4 is 0 Å². The van der Waals surface area contributed by atoms with Gasteiger partial charge in [0.15, 0.2) is 5.78 Å². The van der Waals surface area contributed by atoms with E-state index in [2.05, 4.69) is 0 Å². The van der Waals surface area contributed by atoms with Crippen molar-refractivity contribution in [2.24, 2.45) is 0 Å². The number of nitrogens with zero attached hydrogens (tertiary/aromatic N) is 1. The fourth-order valence-corrected chi connectivity index (χ4v) is 0.730. The summed E-state index contributed by atoms with van der Waals surface area (Å²) in [6, 6.07) is 1.55. The molecule has 0 aromatic carbocycles. The Morgan fingerprint density at radius 3 is 2.67 bits per heavy atom. The molecule has 0 unspecified atom stereocenters. The molecule has 0 fully saturated rings. The average molecular weight is 211 g/mol. The maximum atomic E-state index is 11.2. The lowest BCUT2D eigenvalue weighted by Crippen LogP contribution is -2.10. The fraction of sp³-hybridized carbons (Fsp3) is 0.500. The lowest BCUT2D eigenvalue weighted by molar-refractivity contribution is -0.138. The van der Waals surface area contributed by atoms with Crippen molar-refractivity contribution in [1.29, 1.82) is 5.26 Å². The van der Waals surface area contributed by atoms with E-state index < -0.39 is 18.4 Å². The quantitative estimate of drug-likeness (QED) is 0.296. The summed E-state index contributed by atoms with van der Waals surface area (Å²) in [5.41, 5.74) is -0.384. The summed E-state index contributed by atoms with van der Waals surface area (Å²) < 4.78 is 4.72. The molecule has 0 atom stereocenters. The van der Waals surface area contributed by atoms with E-state index in [1.54, 1.807) is 6.07 Å². The zero-order chi connectivity index (χ0) is 11.7. The van der Waals surface area contributed by atoms with Gasteiger partial charge in [0.05, 0.1) is 6.61 Å². The SMILES string of the molecule is CCCCOC(=O)/C(C#N)=C/C(=O)CO. The number of carbonyl (C=O) groups excluding carboxylic acids is 2. The van der Waals surface area contributed by atoms with Crippen LogP contribution in [0.15, 0.2) is 11.6 Å². The molecule has 0 spiro atoms. The highest BCUT2D eigenvalue weighted by Gasteiger charge is 2.11. The molecular weight excluding hydrogens is 198 g/mol. The Morgan fingerprint density at radius 2 is 2.20 bits per heavy atom. The largest absolute Gasteiger partial charge is 0.462 e. The molecule has 0 rings (SSSR count). The highest BCUT2D eigenvalue weighted by Crippen LogP contribution is 1.99. The van der Waals surface area contributed by atoms with Gasteiger partial charge in [-0.2, -0.15) is 5.26 Å². The molecule has 0 bridgehead atoms. The molecule has 0 aliphatic rings. The maximum absolute atomic E-state index is 11.2. The Morgan fingerprint density at radius 1 is 1.53 bits per heavy atom. The minimum absolute atomic E-state index is 0.224. The Bertz CT molecular complexity index is 301. The van der Waals surface area contributed by atoms with Crippen molar-refractivity contribution in [3.05, 3.63) is 11.6 Å². The summed E-state index contributed by atoms with van der Waals surface area (Å²) >= 11 is 0. The summed E-state index contributed by atoms with van der Waals surface area (Å²) in [5, 5.41) is 17.0. The second-order valence-electron chi connectivity index (χ2n) is 2.78. The standard InChI is InChI=1S/C10H13NO4/c1-2-3-4-15-10(14)8(6-11)5-9(13)7-12/h5,12H,2-4,7H2,1H3/b8-5+. The van der Waals surface area contributed by atoms with Gasteiger partial charge in [-0.25, -0.2) is 4.79 Å². The van der Waals surface area contributed by atoms with Gasteiger partial charge in [0.25, 0.3) is 0 Å². The Balaban J connectivity index is 4.30. The minimum atomic E-state index is -0.826. The normalized spacial score (nSPS) is 10.6. The Labute approximate surface area is 88.0 Å². The minimum Gasteiger partial charge on any atom is -0.462 e. The molecular formula is C10H13NO4. The van der Waals surface area contributed by atoms with Crippen LogP contribution in [-0.4, -0.2) is 30.1 Å². The van der Waals surface area contributed by atoms with Crippen molar-refractivity contribution >= 4 is 11.8 Å². The van der Waals surface area contributed by atoms with Crippen LogP contribution >= 0.6 is 0 Å². The van der Waals surface area contributed by atoms with Gasteiger partial charge in [-0.15, -0.1) is 0 Å². The first-order chi connectivity index (χ1) is 7.15. The molecule has 5 nitrogen and oxygen atoms in total. The van der Waals surface area contributed by atoms with Crippen LogP contribution in [0.3, 0.4) is 0 Å². The number of hydrogen-bond acceptors (Lipinski definition) is 5. The Kier molecular flexibility index (Phi) is 6.85. The van der Waals surface area contributed by atoms with E-state index in [1.807, 2.05) is 6.92 Å². The third kappa shape index (κ3) is 5.60. The van der Waals surface area contributed by atoms with Crippen LogP contribution in [0, 0.1) is 11.3 Å². The van der Waals surface area contributed by atoms with Crippen molar-refractivity contribution in [1.82, 2.24) is 0 Å². The number of carbonyl (C=O) groups is 2. The molecule has 0 radical (unpaired) electrons. The van der Waals surface area contributed by atoms with Gasteiger partial charge in [0, 0.05) is 6.08 Å². The lowest BCUT2D eigenvalue weighted by Gasteiger charge is -2.01. The van der Waals surface area contributed by atoms with E-state index >= 15 is 0 Å². The van der Waals surface area contributed by atoms with Gasteiger partial charge in [-0.05, 0) is 6.42 Å². The molecule has 0 amide bonds. The highest BCUT2D eigenvalue weighted by atomic mass is 16.5. The van der Waals surface area contributed by atoms with Gasteiger partial charge in [0.1, 0.15) is 18.2 Å². The van der Waals surface area contributed by atoms with Gasteiger partial charge in [-0.1, -0.05) is 13.3 Å². The highest BCUT2D eigenvalue weighted by molar-refractivity contribution is 6.02. The number of ether oxygens (including phenoxy) is 1. The number of hydrogen-bond donors (Lipinski definition) is 1. The number of ketones is 1. The molecule has 82 valence electrons. The zero-order valence-electron chi connectivity index (χ0n) is 8.52. The second-order valence-corrected chi connectivity index (χ2v) is 2.78. The van der Waals surface area contributed by atoms with Crippen molar-refractivity contribution in [3.8, 4) is 6.07 Å². The summed E-state index contributed by atoms with van der Waals surface area (Å²) in [6.07, 6.45) is 2.36. The predicted octanol–water partition coefficient (Wildman–Crippen LogP) is 0.341. The van der Waals surface area contributed by atoms with Crippen molar-refractivity contribution < 1.29 is 19.4 Å². The van der Waals surface area contributed by atoms with Crippen LogP contribution in [-0.2, 0) is 14.3 Å². The van der Waals surface area contributed by atoms with Gasteiger partial charge in [-0.3, -0.25) is 4.79 Å². The monoisotopic (exact) mass is 211 g/mol. The number of unbranched alkanes of at least 4 members (excludes halogenated alkanes) is 1. The first-order valence-electron chi connectivity index (χ1n) is 4.58. The molecule has 15 heavy (non-hydrogen) atoms. The summed E-state index contributed by atoms with van der Waals surface area (Å²) in [7, 11) is 0. The lowest BCUT2D eigenvalue weighted by atomic mass is 10.2. The number of aliphatic hydroxyl groups excluding tert-OH is 1. The van der Waals surface area contributed by atoms with Gasteiger partial charge in [0.2, 0.25) is 0 Å². The Hall–Kier alpha value is -1.67. The van der Waals surface area contributed by atoms with Crippen LogP contribution in [0.2, 0.25) is 0 Å². The molecule has 0 aromatic heterocycles. The van der Waals surface area contributed by atoms with Crippen molar-refractivity contribution in [2.75, 3.05) is 13.2 Å². The third-order valence-electron chi connectivity index (χ3n) is 1.53. The molecule has 0 heterocycles. The van der Waals surface area contributed by atoms with Crippen molar-refractivity contribution in [2.45, 2.75) is 19.8 Å². The number of nitriles is 1. The molecule has 5 heteroatoms. The molecule has 1 N–H and O–H groups in total. The first-order valence-corrected chi connectivity index (χ1v) is 4.58. The van der Waals surface area contributed by atoms with E-state index in [0.717, 1.165) is 12.5 Å². The van der Waals surface area contributed by atoms with Gasteiger partial charge < -0.3 is 9.84 Å². The van der Waals surface area contributed by atoms with Crippen molar-refractivity contribution in [3.63, 3.8) is 0 Å². The number of esters is 1. The third-order valence-corrected chi connectivity index (χ3v) is 1.53. The fourth-order valence-electron chi connectivity index (χ4n) is 0.730. The van der Waals surface area contributed by atoms with Crippen LogP contribution in [0.4, 0.5) is 0 Å². The van der Waals surface area contributed by atoms with Crippen LogP contribution in [0.25, 0.3) is 0 Å². The topological polar surface area (TPSA) is 87.4 Å². The average Bonchev–Trinajstić information content (AvgIpc) is 2.25. The zero-order valence-corrected chi connectivity index (χ0v) is 8.52. The molecule has 0 aromatic rings. The van der Waals surface area contributed by atoms with Crippen LogP contribution in [0.5, 0.6) is 0 Å². The molecule has 0 aliphatic carbocycles. The van der Waals surface area contributed by atoms with E-state index in [9.17, 15) is 9.59 Å². The summed E-state index contributed by atoms with van der Waals surface area (Å²) in [5.74, 6) is -1.52. The van der Waals surface area contributed by atoms with E-state index in [1.165, 1.54) is 0 Å². The maximum Gasteiger partial charge on any atom is 0.349 e. The van der Waals surface area contributed by atoms with Gasteiger partial charge >= 0.3 is 5.97 Å². The van der Waals surface area contributed by atoms with E-state index in [-0.39, 0.29) is 12.2 Å². The summed E-state index contributed by atoms with van der Waals surface area (Å²) in [6.45, 7) is 1.43. The smallest absolute Gasteiger partial charge is 0.349 e. The second kappa shape index (κ2) is 7.71. The molecule has 0 saturated carbocycles. The van der Waals surface area contributed by atoms with E-state index in [4.69, 9.17) is 15.1 Å². The molecule has 0 aliphatic heterocycles. The van der Waals surface area contributed by atoms with E-state index in [0.29, 0.717) is 6.42 Å². The summed E-state index contributed by atoms with van der Waals surface area (Å²) in [4.78, 5) is 21.9.